The summed E-state index contributed by atoms with van der Waals surface area (Å²) >= 11 is 10.9. The molecule has 0 bridgehead atoms. The highest BCUT2D eigenvalue weighted by Gasteiger charge is 2.35. The van der Waals surface area contributed by atoms with Crippen LogP contribution in [0.3, 0.4) is 0 Å². The van der Waals surface area contributed by atoms with Crippen molar-refractivity contribution in [2.45, 2.75) is 12.7 Å². The molecule has 7 heteroatoms. The van der Waals surface area contributed by atoms with Gasteiger partial charge in [0.05, 0.1) is 5.57 Å². The van der Waals surface area contributed by atoms with E-state index in [2.05, 4.69) is 5.32 Å². The Labute approximate surface area is 127 Å². The van der Waals surface area contributed by atoms with Crippen LogP contribution in [0, 0.1) is 11.2 Å². The predicted molar refractivity (Wildman–Crippen MR) is 83.1 cm³/mol. The maximum atomic E-state index is 12.1. The lowest BCUT2D eigenvalue weighted by atomic mass is 9.41. The van der Waals surface area contributed by atoms with Crippen molar-refractivity contribution in [2.24, 2.45) is 0 Å². The number of nitrogens with one attached hydrogen (secondary N) is 1. The van der Waals surface area contributed by atoms with Crippen LogP contribution in [-0.4, -0.2) is 22.5 Å². The van der Waals surface area contributed by atoms with Crippen molar-refractivity contribution < 1.29 is 9.90 Å². The lowest BCUT2D eigenvalue weighted by Crippen LogP contribution is -2.35. The van der Waals surface area contributed by atoms with E-state index in [0.717, 1.165) is 0 Å². The number of rotatable bonds is 2. The largest absolute Gasteiger partial charge is 0.512 e. The van der Waals surface area contributed by atoms with E-state index in [1.807, 2.05) is 5.97 Å². The SMILES string of the molecule is N#CB1CCC(O)=C(C(=S)Nc2ccc(Cl)cc2)C1=O. The zero-order valence-corrected chi connectivity index (χ0v) is 12.0. The molecule has 0 aromatic heterocycles. The van der Waals surface area contributed by atoms with Gasteiger partial charge in [-0.3, -0.25) is 0 Å². The number of hydrogen-bond acceptors (Lipinski definition) is 4. The molecule has 0 radical (unpaired) electrons. The van der Waals surface area contributed by atoms with Crippen LogP contribution < -0.4 is 5.32 Å². The van der Waals surface area contributed by atoms with Crippen LogP contribution in [0.15, 0.2) is 35.6 Å². The Balaban J connectivity index is 2.22. The number of nitriles is 1. The number of carbonyl (C=O) groups is 1. The Morgan fingerprint density at radius 3 is 2.70 bits per heavy atom. The van der Waals surface area contributed by atoms with Gasteiger partial charge in [-0.05, 0) is 30.6 Å². The molecule has 0 saturated carbocycles. The summed E-state index contributed by atoms with van der Waals surface area (Å²) in [4.78, 5) is 12.2. The number of carbonyl (C=O) groups excluding carboxylic acids is 1. The van der Waals surface area contributed by atoms with Gasteiger partial charge >= 0.3 is 6.71 Å². The number of allylic oxidation sites excluding steroid dienone is 1. The third-order valence-corrected chi connectivity index (χ3v) is 3.56. The molecule has 2 rings (SSSR count). The van der Waals surface area contributed by atoms with E-state index in [1.54, 1.807) is 24.3 Å². The maximum absolute atomic E-state index is 12.1. The molecule has 0 unspecified atom stereocenters. The summed E-state index contributed by atoms with van der Waals surface area (Å²) in [5.41, 5.74) is 0.266. The van der Waals surface area contributed by atoms with E-state index in [9.17, 15) is 9.90 Å². The first-order valence-corrected chi connectivity index (χ1v) is 6.74. The molecule has 0 saturated heterocycles. The number of aliphatic hydroxyl groups is 1. The van der Waals surface area contributed by atoms with Crippen LogP contribution in [0.2, 0.25) is 11.3 Å². The van der Waals surface area contributed by atoms with Gasteiger partial charge in [-0.15, -0.1) is 0 Å². The third-order valence-electron chi connectivity index (χ3n) is 3.01. The first-order chi connectivity index (χ1) is 9.52. The van der Waals surface area contributed by atoms with Gasteiger partial charge in [-0.1, -0.05) is 23.8 Å². The zero-order chi connectivity index (χ0) is 14.7. The van der Waals surface area contributed by atoms with Crippen LogP contribution in [0.25, 0.3) is 0 Å². The van der Waals surface area contributed by atoms with Crippen molar-refractivity contribution in [2.75, 3.05) is 5.32 Å². The lowest BCUT2D eigenvalue weighted by molar-refractivity contribution is -0.109. The molecule has 0 amide bonds. The number of anilines is 1. The van der Waals surface area contributed by atoms with Crippen LogP contribution in [0.4, 0.5) is 5.69 Å². The summed E-state index contributed by atoms with van der Waals surface area (Å²) in [6.45, 7) is -0.745. The number of aliphatic hydroxyl groups excluding tert-OH is 1. The third kappa shape index (κ3) is 3.01. The van der Waals surface area contributed by atoms with Gasteiger partial charge in [0.1, 0.15) is 16.4 Å². The first kappa shape index (κ1) is 14.6. The van der Waals surface area contributed by atoms with E-state index >= 15 is 0 Å². The Bertz CT molecular complexity index is 637. The predicted octanol–water partition coefficient (Wildman–Crippen LogP) is 2.96. The molecule has 100 valence electrons. The minimum absolute atomic E-state index is 0.0350. The minimum Gasteiger partial charge on any atom is -0.512 e. The second-order valence-electron chi connectivity index (χ2n) is 4.37. The summed E-state index contributed by atoms with van der Waals surface area (Å²) in [5.74, 6) is 1.87. The average Bonchev–Trinajstić information content (AvgIpc) is 2.42. The first-order valence-electron chi connectivity index (χ1n) is 5.95. The van der Waals surface area contributed by atoms with Crippen LogP contribution >= 0.6 is 23.8 Å². The van der Waals surface area contributed by atoms with E-state index in [1.165, 1.54) is 0 Å². The second-order valence-corrected chi connectivity index (χ2v) is 5.21. The monoisotopic (exact) mass is 304 g/mol. The molecule has 2 N–H and O–H groups in total. The van der Waals surface area contributed by atoms with Crippen molar-refractivity contribution in [3.63, 3.8) is 0 Å². The Morgan fingerprint density at radius 2 is 2.10 bits per heavy atom. The van der Waals surface area contributed by atoms with Gasteiger partial charge in [-0.25, -0.2) is 5.26 Å². The minimum atomic E-state index is -0.745. The van der Waals surface area contributed by atoms with Gasteiger partial charge in [0.25, 0.3) is 0 Å². The fraction of sp³-hybridized carbons (Fsp3) is 0.154. The highest BCUT2D eigenvalue weighted by molar-refractivity contribution is 7.81. The number of benzene rings is 1. The molecule has 1 aliphatic heterocycles. The highest BCUT2D eigenvalue weighted by atomic mass is 35.5. The van der Waals surface area contributed by atoms with Crippen molar-refractivity contribution in [3.8, 4) is 5.97 Å². The van der Waals surface area contributed by atoms with E-state index in [-0.39, 0.29) is 22.7 Å². The Kier molecular flexibility index (Phi) is 4.43. The van der Waals surface area contributed by atoms with Crippen LogP contribution in [0.1, 0.15) is 6.42 Å². The maximum Gasteiger partial charge on any atom is 0.351 e. The summed E-state index contributed by atoms with van der Waals surface area (Å²) in [6, 6.07) is 6.78. The molecular formula is C13H10BClN2O2S. The van der Waals surface area contributed by atoms with Crippen LogP contribution in [-0.2, 0) is 4.79 Å². The number of hydrogen-bond donors (Lipinski definition) is 2. The zero-order valence-electron chi connectivity index (χ0n) is 10.4. The molecule has 1 heterocycles. The van der Waals surface area contributed by atoms with Gasteiger partial charge in [0.15, 0.2) is 0 Å². The number of halogens is 1. The summed E-state index contributed by atoms with van der Waals surface area (Å²) in [6.07, 6.45) is 0.607. The van der Waals surface area contributed by atoms with Crippen molar-refractivity contribution >= 4 is 46.9 Å². The Hall–Kier alpha value is -1.84. The molecule has 20 heavy (non-hydrogen) atoms. The van der Waals surface area contributed by atoms with Gasteiger partial charge in [0, 0.05) is 23.1 Å². The molecule has 0 spiro atoms. The second kappa shape index (κ2) is 6.08. The molecule has 1 aromatic carbocycles. The Morgan fingerprint density at radius 1 is 1.45 bits per heavy atom. The average molecular weight is 305 g/mol. The number of thiocarbonyl (C=S) groups is 1. The van der Waals surface area contributed by atoms with Crippen molar-refractivity contribution in [1.29, 1.82) is 5.26 Å². The summed E-state index contributed by atoms with van der Waals surface area (Å²) < 4.78 is 0. The molecule has 4 nitrogen and oxygen atoms in total. The van der Waals surface area contributed by atoms with Gasteiger partial charge in [0.2, 0.25) is 0 Å². The summed E-state index contributed by atoms with van der Waals surface area (Å²) in [5, 5.41) is 22.2. The molecular weight excluding hydrogens is 294 g/mol. The summed E-state index contributed by atoms with van der Waals surface area (Å²) in [7, 11) is 0. The van der Waals surface area contributed by atoms with Gasteiger partial charge in [-0.2, -0.15) is 0 Å². The van der Waals surface area contributed by atoms with Crippen LogP contribution in [0.5, 0.6) is 0 Å². The lowest BCUT2D eigenvalue weighted by Gasteiger charge is -2.18. The standard InChI is InChI=1S/C13H10BClN2O2S/c15-8-1-3-9(4-2-8)17-13(20)11-10(18)5-6-14(7-16)12(11)19/h1-4,18H,5-6H2,(H,17,20). The molecule has 0 atom stereocenters. The highest BCUT2D eigenvalue weighted by Crippen LogP contribution is 2.23. The normalized spacial score (nSPS) is 15.0. The quantitative estimate of drug-likeness (QED) is 0.649. The topological polar surface area (TPSA) is 73.1 Å². The van der Waals surface area contributed by atoms with Gasteiger partial charge < -0.3 is 15.2 Å². The number of nitrogens with zero attached hydrogens (tertiary/aromatic N) is 1. The molecule has 1 aliphatic rings. The van der Waals surface area contributed by atoms with E-state index in [4.69, 9.17) is 29.1 Å². The molecule has 0 fully saturated rings. The van der Waals surface area contributed by atoms with E-state index < -0.39 is 12.4 Å². The van der Waals surface area contributed by atoms with E-state index in [0.29, 0.717) is 17.0 Å². The smallest absolute Gasteiger partial charge is 0.351 e. The fourth-order valence-corrected chi connectivity index (χ4v) is 2.41. The molecule has 0 aliphatic carbocycles. The van der Waals surface area contributed by atoms with Crippen molar-refractivity contribution in [1.82, 2.24) is 0 Å². The fourth-order valence-electron chi connectivity index (χ4n) is 1.95. The van der Waals surface area contributed by atoms with Crippen molar-refractivity contribution in [3.05, 3.63) is 40.6 Å². The molecule has 1 aromatic rings.